The zero-order valence-electron chi connectivity index (χ0n) is 16.1. The molecule has 2 aliphatic rings. The second kappa shape index (κ2) is 7.71. The SMILES string of the molecule is COc1ccccc1-c1cccc(C(=O)N2CCN3CCN(C)C[C@H]3C2)c1. The van der Waals surface area contributed by atoms with E-state index in [0.29, 0.717) is 6.04 Å². The molecule has 0 aromatic heterocycles. The Balaban J connectivity index is 1.54. The molecular weight excluding hydrogens is 338 g/mol. The topological polar surface area (TPSA) is 36.0 Å². The molecule has 5 nitrogen and oxygen atoms in total. The van der Waals surface area contributed by atoms with Gasteiger partial charge in [-0.2, -0.15) is 0 Å². The van der Waals surface area contributed by atoms with E-state index in [9.17, 15) is 4.79 Å². The monoisotopic (exact) mass is 365 g/mol. The van der Waals surface area contributed by atoms with Crippen molar-refractivity contribution < 1.29 is 9.53 Å². The summed E-state index contributed by atoms with van der Waals surface area (Å²) in [5.41, 5.74) is 2.76. The third kappa shape index (κ3) is 3.70. The molecule has 1 atom stereocenters. The number of hydrogen-bond donors (Lipinski definition) is 0. The van der Waals surface area contributed by atoms with Gasteiger partial charge in [0.05, 0.1) is 7.11 Å². The Morgan fingerprint density at radius 2 is 1.81 bits per heavy atom. The van der Waals surface area contributed by atoms with E-state index in [1.165, 1.54) is 0 Å². The molecular formula is C22H27N3O2. The van der Waals surface area contributed by atoms with Crippen molar-refractivity contribution in [3.05, 3.63) is 54.1 Å². The Kier molecular flexibility index (Phi) is 5.14. The molecule has 4 rings (SSSR count). The molecule has 2 heterocycles. The smallest absolute Gasteiger partial charge is 0.253 e. The fraction of sp³-hybridized carbons (Fsp3) is 0.409. The summed E-state index contributed by atoms with van der Waals surface area (Å²) in [6.45, 7) is 5.83. The van der Waals surface area contributed by atoms with Gasteiger partial charge in [0.15, 0.2) is 0 Å². The van der Waals surface area contributed by atoms with Crippen molar-refractivity contribution in [1.29, 1.82) is 0 Å². The van der Waals surface area contributed by atoms with Gasteiger partial charge < -0.3 is 14.5 Å². The van der Waals surface area contributed by atoms with Crippen LogP contribution < -0.4 is 4.74 Å². The third-order valence-corrected chi connectivity index (χ3v) is 5.71. The maximum atomic E-state index is 13.2. The minimum atomic E-state index is 0.125. The summed E-state index contributed by atoms with van der Waals surface area (Å²) >= 11 is 0. The Morgan fingerprint density at radius 1 is 1.00 bits per heavy atom. The number of hydrogen-bond acceptors (Lipinski definition) is 4. The average Bonchev–Trinajstić information content (AvgIpc) is 2.72. The van der Waals surface area contributed by atoms with Gasteiger partial charge in [-0.15, -0.1) is 0 Å². The molecule has 0 saturated carbocycles. The highest BCUT2D eigenvalue weighted by Gasteiger charge is 2.33. The highest BCUT2D eigenvalue weighted by Crippen LogP contribution is 2.30. The Hall–Kier alpha value is -2.37. The first-order valence-corrected chi connectivity index (χ1v) is 9.61. The lowest BCUT2D eigenvalue weighted by Gasteiger charge is -2.46. The molecule has 2 aromatic carbocycles. The second-order valence-electron chi connectivity index (χ2n) is 7.48. The van der Waals surface area contributed by atoms with Crippen LogP contribution in [0.4, 0.5) is 0 Å². The molecule has 5 heteroatoms. The number of benzene rings is 2. The summed E-state index contributed by atoms with van der Waals surface area (Å²) in [6.07, 6.45) is 0. The van der Waals surface area contributed by atoms with Gasteiger partial charge >= 0.3 is 0 Å². The lowest BCUT2D eigenvalue weighted by molar-refractivity contribution is 0.0190. The van der Waals surface area contributed by atoms with Gasteiger partial charge in [0, 0.05) is 56.4 Å². The maximum Gasteiger partial charge on any atom is 0.253 e. The zero-order chi connectivity index (χ0) is 18.8. The van der Waals surface area contributed by atoms with Crippen LogP contribution >= 0.6 is 0 Å². The molecule has 142 valence electrons. The van der Waals surface area contributed by atoms with Gasteiger partial charge in [0.2, 0.25) is 0 Å². The molecule has 0 radical (unpaired) electrons. The molecule has 2 fully saturated rings. The lowest BCUT2D eigenvalue weighted by Crippen LogP contribution is -2.62. The van der Waals surface area contributed by atoms with Crippen LogP contribution in [0.2, 0.25) is 0 Å². The first-order chi connectivity index (χ1) is 13.2. The van der Waals surface area contributed by atoms with Crippen LogP contribution in [0.1, 0.15) is 10.4 Å². The Labute approximate surface area is 161 Å². The number of para-hydroxylation sites is 1. The zero-order valence-corrected chi connectivity index (χ0v) is 16.1. The van der Waals surface area contributed by atoms with E-state index in [0.717, 1.165) is 61.7 Å². The summed E-state index contributed by atoms with van der Waals surface area (Å²) < 4.78 is 5.48. The summed E-state index contributed by atoms with van der Waals surface area (Å²) in [5.74, 6) is 0.945. The van der Waals surface area contributed by atoms with Gasteiger partial charge in [0.1, 0.15) is 5.75 Å². The van der Waals surface area contributed by atoms with E-state index in [1.54, 1.807) is 7.11 Å². The van der Waals surface area contributed by atoms with E-state index >= 15 is 0 Å². The predicted octanol–water partition coefficient (Wildman–Crippen LogP) is 2.43. The number of likely N-dealkylation sites (N-methyl/N-ethyl adjacent to an activating group) is 1. The van der Waals surface area contributed by atoms with E-state index in [4.69, 9.17) is 4.74 Å². The summed E-state index contributed by atoms with van der Waals surface area (Å²) in [7, 11) is 3.84. The quantitative estimate of drug-likeness (QED) is 0.837. The highest BCUT2D eigenvalue weighted by atomic mass is 16.5. The van der Waals surface area contributed by atoms with Crippen molar-refractivity contribution in [2.75, 3.05) is 53.4 Å². The van der Waals surface area contributed by atoms with Crippen molar-refractivity contribution in [1.82, 2.24) is 14.7 Å². The molecule has 2 aliphatic heterocycles. The van der Waals surface area contributed by atoms with Crippen molar-refractivity contribution in [3.8, 4) is 16.9 Å². The Bertz CT molecular complexity index is 823. The number of methoxy groups -OCH3 is 1. The predicted molar refractivity (Wildman–Crippen MR) is 107 cm³/mol. The molecule has 0 bridgehead atoms. The van der Waals surface area contributed by atoms with Crippen LogP contribution in [0.25, 0.3) is 11.1 Å². The van der Waals surface area contributed by atoms with Crippen LogP contribution in [-0.4, -0.2) is 80.1 Å². The van der Waals surface area contributed by atoms with Gasteiger partial charge in [-0.25, -0.2) is 0 Å². The number of fused-ring (bicyclic) bond motifs is 1. The number of amides is 1. The fourth-order valence-electron chi connectivity index (χ4n) is 4.18. The number of rotatable bonds is 3. The molecule has 2 aromatic rings. The maximum absolute atomic E-state index is 13.2. The minimum Gasteiger partial charge on any atom is -0.496 e. The summed E-state index contributed by atoms with van der Waals surface area (Å²) in [4.78, 5) is 20.1. The van der Waals surface area contributed by atoms with Crippen LogP contribution in [-0.2, 0) is 0 Å². The minimum absolute atomic E-state index is 0.125. The van der Waals surface area contributed by atoms with Crippen molar-refractivity contribution in [2.45, 2.75) is 6.04 Å². The van der Waals surface area contributed by atoms with Gasteiger partial charge in [-0.3, -0.25) is 9.69 Å². The normalized spacial score (nSPS) is 21.0. The molecule has 2 saturated heterocycles. The summed E-state index contributed by atoms with van der Waals surface area (Å²) in [5, 5.41) is 0. The summed E-state index contributed by atoms with van der Waals surface area (Å²) in [6, 6.07) is 16.3. The molecule has 27 heavy (non-hydrogen) atoms. The molecule has 0 N–H and O–H groups in total. The molecule has 0 spiro atoms. The molecule has 0 unspecified atom stereocenters. The number of nitrogens with zero attached hydrogens (tertiary/aromatic N) is 3. The van der Waals surface area contributed by atoms with Crippen molar-refractivity contribution in [3.63, 3.8) is 0 Å². The first kappa shape index (κ1) is 18.0. The molecule has 1 amide bonds. The standard InChI is InChI=1S/C22H27N3O2/c1-23-10-11-24-12-13-25(16-19(24)15-23)22(26)18-7-5-6-17(14-18)20-8-3-4-9-21(20)27-2/h3-9,14,19H,10-13,15-16H2,1-2H3/t19-/m0/s1. The van der Waals surface area contributed by atoms with E-state index in [-0.39, 0.29) is 5.91 Å². The number of piperazine rings is 2. The van der Waals surface area contributed by atoms with Crippen LogP contribution in [0.3, 0.4) is 0 Å². The van der Waals surface area contributed by atoms with E-state index in [1.807, 2.05) is 53.4 Å². The number of carbonyl (C=O) groups is 1. The van der Waals surface area contributed by atoms with Gasteiger partial charge in [-0.05, 0) is 30.8 Å². The largest absolute Gasteiger partial charge is 0.496 e. The number of carbonyl (C=O) groups excluding carboxylic acids is 1. The average molecular weight is 365 g/mol. The van der Waals surface area contributed by atoms with Gasteiger partial charge in [-0.1, -0.05) is 30.3 Å². The first-order valence-electron chi connectivity index (χ1n) is 9.61. The van der Waals surface area contributed by atoms with Crippen molar-refractivity contribution >= 4 is 5.91 Å². The fourth-order valence-corrected chi connectivity index (χ4v) is 4.18. The highest BCUT2D eigenvalue weighted by molar-refractivity contribution is 5.95. The number of ether oxygens (including phenoxy) is 1. The third-order valence-electron chi connectivity index (χ3n) is 5.71. The van der Waals surface area contributed by atoms with Crippen LogP contribution in [0.15, 0.2) is 48.5 Å². The van der Waals surface area contributed by atoms with Crippen molar-refractivity contribution in [2.24, 2.45) is 0 Å². The van der Waals surface area contributed by atoms with Crippen LogP contribution in [0.5, 0.6) is 5.75 Å². The molecule has 0 aliphatic carbocycles. The Morgan fingerprint density at radius 3 is 2.67 bits per heavy atom. The van der Waals surface area contributed by atoms with E-state index in [2.05, 4.69) is 16.8 Å². The van der Waals surface area contributed by atoms with E-state index < -0.39 is 0 Å². The van der Waals surface area contributed by atoms with Crippen LogP contribution in [0, 0.1) is 0 Å². The van der Waals surface area contributed by atoms with Gasteiger partial charge in [0.25, 0.3) is 5.91 Å². The second-order valence-corrected chi connectivity index (χ2v) is 7.48. The lowest BCUT2D eigenvalue weighted by atomic mass is 10.0.